The van der Waals surface area contributed by atoms with E-state index in [0.29, 0.717) is 25.1 Å². The van der Waals surface area contributed by atoms with E-state index in [1.165, 1.54) is 16.7 Å². The van der Waals surface area contributed by atoms with Crippen LogP contribution in [0.25, 0.3) is 11.2 Å². The zero-order valence-electron chi connectivity index (χ0n) is 17.3. The van der Waals surface area contributed by atoms with Crippen molar-refractivity contribution >= 4 is 28.7 Å². The van der Waals surface area contributed by atoms with E-state index in [4.69, 9.17) is 11.6 Å². The topological polar surface area (TPSA) is 102 Å². The Hall–Kier alpha value is -2.94. The molecule has 8 nitrogen and oxygen atoms in total. The van der Waals surface area contributed by atoms with Gasteiger partial charge >= 0.3 is 5.69 Å². The van der Waals surface area contributed by atoms with Gasteiger partial charge in [-0.3, -0.25) is 18.7 Å². The number of fused-ring (bicyclic) bond motifs is 1. The summed E-state index contributed by atoms with van der Waals surface area (Å²) in [5, 5.41) is 2.81. The molecule has 10 heteroatoms. The fourth-order valence-corrected chi connectivity index (χ4v) is 3.55. The number of carbonyl (C=O) groups excluding carboxylic acids is 1. The molecule has 0 radical (unpaired) electrons. The van der Waals surface area contributed by atoms with Gasteiger partial charge in [0.15, 0.2) is 11.2 Å². The minimum atomic E-state index is -0.483. The highest BCUT2D eigenvalue weighted by atomic mass is 35.5. The van der Waals surface area contributed by atoms with Gasteiger partial charge in [-0.25, -0.2) is 9.18 Å². The smallest absolute Gasteiger partial charge is 0.332 e. The summed E-state index contributed by atoms with van der Waals surface area (Å²) in [6, 6.07) is 5.72. The van der Waals surface area contributed by atoms with Crippen molar-refractivity contribution in [1.82, 2.24) is 24.4 Å². The lowest BCUT2D eigenvalue weighted by Gasteiger charge is -2.11. The Morgan fingerprint density at radius 1 is 1.13 bits per heavy atom. The van der Waals surface area contributed by atoms with Crippen molar-refractivity contribution in [2.24, 2.45) is 0 Å². The fraction of sp³-hybridized carbons (Fsp3) is 0.429. The van der Waals surface area contributed by atoms with Gasteiger partial charge in [0.2, 0.25) is 11.2 Å². The second-order valence-corrected chi connectivity index (χ2v) is 7.69. The number of benzene rings is 1. The Balaban J connectivity index is 1.66. The zero-order valence-corrected chi connectivity index (χ0v) is 18.0. The predicted molar refractivity (Wildman–Crippen MR) is 117 cm³/mol. The molecule has 2 aromatic heterocycles. The quantitative estimate of drug-likeness (QED) is 0.367. The largest absolute Gasteiger partial charge is 0.356 e. The first kappa shape index (κ1) is 22.7. The normalized spacial score (nSPS) is 11.2. The second kappa shape index (κ2) is 10.4. The maximum Gasteiger partial charge on any atom is 0.332 e. The average molecular weight is 450 g/mol. The maximum atomic E-state index is 12.9. The number of unbranched alkanes of at least 4 members (excludes halogenated alkanes) is 2. The molecule has 0 aliphatic rings. The third-order valence-corrected chi connectivity index (χ3v) is 5.16. The van der Waals surface area contributed by atoms with Crippen LogP contribution in [0.5, 0.6) is 0 Å². The highest BCUT2D eigenvalue weighted by molar-refractivity contribution is 6.28. The molecule has 2 N–H and O–H groups in total. The van der Waals surface area contributed by atoms with E-state index in [2.05, 4.69) is 22.2 Å². The third-order valence-electron chi connectivity index (χ3n) is 4.98. The summed E-state index contributed by atoms with van der Waals surface area (Å²) in [7, 11) is 0. The number of nitrogens with zero attached hydrogens (tertiary/aromatic N) is 3. The molecule has 166 valence electrons. The number of hydrogen-bond acceptors (Lipinski definition) is 4. The van der Waals surface area contributed by atoms with Gasteiger partial charge in [-0.05, 0) is 42.1 Å². The molecule has 0 bridgehead atoms. The van der Waals surface area contributed by atoms with Crippen LogP contribution < -0.4 is 16.6 Å². The number of hydrogen-bond donors (Lipinski definition) is 2. The lowest BCUT2D eigenvalue weighted by Crippen LogP contribution is -2.41. The average Bonchev–Trinajstić information content (AvgIpc) is 3.13. The molecule has 31 heavy (non-hydrogen) atoms. The highest BCUT2D eigenvalue weighted by Gasteiger charge is 2.16. The first-order valence-corrected chi connectivity index (χ1v) is 10.7. The fourth-order valence-electron chi connectivity index (χ4n) is 3.37. The van der Waals surface area contributed by atoms with Crippen molar-refractivity contribution in [3.63, 3.8) is 0 Å². The van der Waals surface area contributed by atoms with E-state index >= 15 is 0 Å². The van der Waals surface area contributed by atoms with Crippen LogP contribution in [0.2, 0.25) is 5.28 Å². The standard InChI is InChI=1S/C21H25ClFN5O3/c1-2-3-4-11-27-18-17(25-20(22)26-18)19(30)28(21(27)31)12-5-10-24-16(29)13-14-6-8-15(23)9-7-14/h6-9H,2-5,10-13H2,1H3,(H,24,29)(H,25,26). The number of aromatic nitrogens is 4. The van der Waals surface area contributed by atoms with Gasteiger partial charge in [0.05, 0.1) is 6.42 Å². The number of halogens is 2. The molecule has 0 saturated carbocycles. The van der Waals surface area contributed by atoms with Crippen LogP contribution in [0.15, 0.2) is 33.9 Å². The summed E-state index contributed by atoms with van der Waals surface area (Å²) in [4.78, 5) is 44.5. The molecule has 0 fully saturated rings. The number of H-pyrrole nitrogens is 1. The van der Waals surface area contributed by atoms with E-state index in [9.17, 15) is 18.8 Å². The number of imidazole rings is 1. The van der Waals surface area contributed by atoms with Gasteiger partial charge in [-0.2, -0.15) is 4.98 Å². The lowest BCUT2D eigenvalue weighted by molar-refractivity contribution is -0.120. The molecule has 3 rings (SSSR count). The van der Waals surface area contributed by atoms with Crippen molar-refractivity contribution in [2.75, 3.05) is 6.54 Å². The summed E-state index contributed by atoms with van der Waals surface area (Å²) < 4.78 is 15.6. The van der Waals surface area contributed by atoms with Crippen molar-refractivity contribution in [3.8, 4) is 0 Å². The molecule has 0 spiro atoms. The van der Waals surface area contributed by atoms with Crippen LogP contribution >= 0.6 is 11.6 Å². The van der Waals surface area contributed by atoms with E-state index in [0.717, 1.165) is 23.8 Å². The van der Waals surface area contributed by atoms with Gasteiger partial charge in [0.1, 0.15) is 5.82 Å². The van der Waals surface area contributed by atoms with Gasteiger partial charge in [-0.15, -0.1) is 0 Å². The van der Waals surface area contributed by atoms with Crippen molar-refractivity contribution in [3.05, 3.63) is 61.8 Å². The Labute approximate surface area is 183 Å². The first-order chi connectivity index (χ1) is 14.9. The minimum absolute atomic E-state index is 0.0570. The summed E-state index contributed by atoms with van der Waals surface area (Å²) in [5.41, 5.74) is 0.242. The van der Waals surface area contributed by atoms with Gasteiger partial charge < -0.3 is 10.3 Å². The molecule has 0 unspecified atom stereocenters. The molecule has 0 aliphatic carbocycles. The molecule has 3 aromatic rings. The predicted octanol–water partition coefficient (Wildman–Crippen LogP) is 2.62. The van der Waals surface area contributed by atoms with Crippen LogP contribution in [-0.4, -0.2) is 31.6 Å². The Bertz CT molecular complexity index is 1170. The summed E-state index contributed by atoms with van der Waals surface area (Å²) in [5.74, 6) is -0.572. The van der Waals surface area contributed by atoms with Crippen LogP contribution in [-0.2, 0) is 24.3 Å². The lowest BCUT2D eigenvalue weighted by atomic mass is 10.1. The monoisotopic (exact) mass is 449 g/mol. The van der Waals surface area contributed by atoms with Gasteiger partial charge in [0.25, 0.3) is 5.56 Å². The van der Waals surface area contributed by atoms with Crippen LogP contribution in [0.1, 0.15) is 38.2 Å². The molecule has 1 amide bonds. The molecule has 0 atom stereocenters. The molecule has 0 aliphatic heterocycles. The van der Waals surface area contributed by atoms with Crippen molar-refractivity contribution in [1.29, 1.82) is 0 Å². The summed E-state index contributed by atoms with van der Waals surface area (Å²) in [6.07, 6.45) is 3.26. The van der Waals surface area contributed by atoms with E-state index in [1.54, 1.807) is 12.1 Å². The van der Waals surface area contributed by atoms with Crippen LogP contribution in [0.3, 0.4) is 0 Å². The van der Waals surface area contributed by atoms with E-state index in [-0.39, 0.29) is 41.1 Å². The number of carbonyl (C=O) groups is 1. The summed E-state index contributed by atoms with van der Waals surface area (Å²) >= 11 is 5.93. The Morgan fingerprint density at radius 2 is 1.84 bits per heavy atom. The van der Waals surface area contributed by atoms with E-state index < -0.39 is 11.2 Å². The maximum absolute atomic E-state index is 12.9. The zero-order chi connectivity index (χ0) is 22.4. The number of aryl methyl sites for hydroxylation is 1. The summed E-state index contributed by atoms with van der Waals surface area (Å²) in [6.45, 7) is 2.95. The van der Waals surface area contributed by atoms with Crippen molar-refractivity contribution in [2.45, 2.75) is 52.1 Å². The number of rotatable bonds is 10. The molecule has 2 heterocycles. The number of amides is 1. The molecule has 1 aromatic carbocycles. The van der Waals surface area contributed by atoms with Crippen LogP contribution in [0, 0.1) is 5.82 Å². The number of aromatic amines is 1. The Morgan fingerprint density at radius 3 is 2.55 bits per heavy atom. The van der Waals surface area contributed by atoms with Crippen molar-refractivity contribution < 1.29 is 9.18 Å². The molecular weight excluding hydrogens is 425 g/mol. The highest BCUT2D eigenvalue weighted by Crippen LogP contribution is 2.11. The van der Waals surface area contributed by atoms with Gasteiger partial charge in [-0.1, -0.05) is 31.9 Å². The van der Waals surface area contributed by atoms with E-state index in [1.807, 2.05) is 0 Å². The first-order valence-electron chi connectivity index (χ1n) is 10.3. The van der Waals surface area contributed by atoms with Gasteiger partial charge in [0, 0.05) is 19.6 Å². The Kier molecular flexibility index (Phi) is 7.62. The number of nitrogens with one attached hydrogen (secondary N) is 2. The SMILES string of the molecule is CCCCCn1c(=O)n(CCCNC(=O)Cc2ccc(F)cc2)c(=O)c2[nH]c(Cl)nc21. The third kappa shape index (κ3) is 5.61. The molecule has 0 saturated heterocycles. The van der Waals surface area contributed by atoms with Crippen LogP contribution in [0.4, 0.5) is 4.39 Å². The molecular formula is C21H25ClFN5O3. The second-order valence-electron chi connectivity index (χ2n) is 7.33. The minimum Gasteiger partial charge on any atom is -0.356 e.